The van der Waals surface area contributed by atoms with Crippen molar-refractivity contribution in [1.82, 2.24) is 0 Å². The second-order valence-electron chi connectivity index (χ2n) is 16.6. The van der Waals surface area contributed by atoms with Crippen LogP contribution >= 0.6 is 0 Å². The maximum Gasteiger partial charge on any atom is 0.338 e. The van der Waals surface area contributed by atoms with Crippen LogP contribution in [0.2, 0.25) is 0 Å². The number of ether oxygens (including phenoxy) is 4. The van der Waals surface area contributed by atoms with Gasteiger partial charge in [-0.3, -0.25) is 0 Å². The lowest BCUT2D eigenvalue weighted by Gasteiger charge is -2.29. The largest absolute Gasteiger partial charge is 0.462 e. The molecule has 11 heteroatoms. The number of hydrogen-bond donors (Lipinski definition) is 0. The number of carbonyl (C=O) groups excluding carboxylic acids is 4. The van der Waals surface area contributed by atoms with Gasteiger partial charge in [0.25, 0.3) is 6.43 Å². The molecule has 0 aliphatic heterocycles. The van der Waals surface area contributed by atoms with E-state index in [0.717, 1.165) is 126 Å². The van der Waals surface area contributed by atoms with Gasteiger partial charge in [-0.1, -0.05) is 145 Å². The van der Waals surface area contributed by atoms with E-state index in [1.807, 2.05) is 41.5 Å². The molecule has 2 rings (SSSR count). The van der Waals surface area contributed by atoms with Crippen molar-refractivity contribution in [3.8, 4) is 0 Å². The van der Waals surface area contributed by atoms with Gasteiger partial charge in [-0.15, -0.1) is 0 Å². The van der Waals surface area contributed by atoms with Crippen LogP contribution in [0.1, 0.15) is 211 Å². The average Bonchev–Trinajstić information content (AvgIpc) is 3.28. The lowest BCUT2D eigenvalue weighted by atomic mass is 9.81. The third kappa shape index (κ3) is 16.4. The first-order valence-corrected chi connectivity index (χ1v) is 23.2. The predicted octanol–water partition coefficient (Wildman–Crippen LogP) is 13.7. The zero-order valence-corrected chi connectivity index (χ0v) is 38.4. The zero-order valence-electron chi connectivity index (χ0n) is 38.4. The Hall–Kier alpha value is -3.89. The fourth-order valence-corrected chi connectivity index (χ4v) is 7.38. The van der Waals surface area contributed by atoms with Crippen molar-refractivity contribution in [3.05, 3.63) is 69.8 Å². The van der Waals surface area contributed by atoms with Gasteiger partial charge in [0.2, 0.25) is 5.67 Å². The number of halogens is 3. The van der Waals surface area contributed by atoms with E-state index in [-0.39, 0.29) is 61.2 Å². The first kappa shape index (κ1) is 53.2. The van der Waals surface area contributed by atoms with Gasteiger partial charge in [0.05, 0.1) is 48.7 Å². The molecule has 0 aliphatic rings. The molecule has 344 valence electrons. The molecule has 0 saturated heterocycles. The minimum Gasteiger partial charge on any atom is -0.462 e. The summed E-state index contributed by atoms with van der Waals surface area (Å²) < 4.78 is 72.0. The average molecular weight is 861 g/mol. The van der Waals surface area contributed by atoms with E-state index >= 15 is 13.2 Å². The Labute approximate surface area is 364 Å². The van der Waals surface area contributed by atoms with Gasteiger partial charge in [-0.25, -0.2) is 32.3 Å². The van der Waals surface area contributed by atoms with Gasteiger partial charge in [-0.05, 0) is 73.6 Å². The highest BCUT2D eigenvalue weighted by molar-refractivity contribution is 5.99. The Kier molecular flexibility index (Phi) is 25.0. The zero-order chi connectivity index (χ0) is 45.4. The molecule has 0 heterocycles. The van der Waals surface area contributed by atoms with Crippen LogP contribution in [-0.2, 0) is 24.6 Å². The number of alkyl halides is 3. The normalized spacial score (nSPS) is 14.4. The van der Waals surface area contributed by atoms with E-state index in [9.17, 15) is 19.2 Å². The molecule has 2 aromatic rings. The van der Waals surface area contributed by atoms with Crippen molar-refractivity contribution >= 4 is 23.9 Å². The highest BCUT2D eigenvalue weighted by Crippen LogP contribution is 2.44. The smallest absolute Gasteiger partial charge is 0.338 e. The molecule has 0 amide bonds. The molecule has 8 nitrogen and oxygen atoms in total. The maximum atomic E-state index is 18.0. The van der Waals surface area contributed by atoms with Crippen molar-refractivity contribution in [2.45, 2.75) is 170 Å². The number of benzene rings is 2. The Balaban J connectivity index is 2.79. The molecular formula is C50H75F3O8. The number of rotatable bonds is 31. The van der Waals surface area contributed by atoms with E-state index in [2.05, 4.69) is 13.8 Å². The summed E-state index contributed by atoms with van der Waals surface area (Å²) in [6.07, 6.45) is 9.79. The molecule has 0 bridgehead atoms. The highest BCUT2D eigenvalue weighted by atomic mass is 19.3. The van der Waals surface area contributed by atoms with Gasteiger partial charge in [0.15, 0.2) is 0 Å². The number of hydrogen-bond acceptors (Lipinski definition) is 8. The minimum absolute atomic E-state index is 0.0305. The van der Waals surface area contributed by atoms with Crippen LogP contribution in [0.5, 0.6) is 0 Å². The lowest BCUT2D eigenvalue weighted by Crippen LogP contribution is -2.35. The third-order valence-electron chi connectivity index (χ3n) is 12.0. The molecule has 0 N–H and O–H groups in total. The van der Waals surface area contributed by atoms with Crippen molar-refractivity contribution in [3.63, 3.8) is 0 Å². The van der Waals surface area contributed by atoms with Gasteiger partial charge in [0, 0.05) is 11.1 Å². The molecular weight excluding hydrogens is 786 g/mol. The molecule has 0 aromatic heterocycles. The summed E-state index contributed by atoms with van der Waals surface area (Å²) in [5, 5.41) is 0. The first-order valence-electron chi connectivity index (χ1n) is 23.2. The van der Waals surface area contributed by atoms with Crippen molar-refractivity contribution < 1.29 is 51.3 Å². The number of unbranched alkanes of at least 4 members (excludes halogenated alkanes) is 4. The van der Waals surface area contributed by atoms with Crippen LogP contribution < -0.4 is 0 Å². The summed E-state index contributed by atoms with van der Waals surface area (Å²) in [6, 6.07) is 6.25. The van der Waals surface area contributed by atoms with Crippen LogP contribution in [0.4, 0.5) is 13.2 Å². The van der Waals surface area contributed by atoms with Gasteiger partial charge in [0.1, 0.15) is 0 Å². The van der Waals surface area contributed by atoms with Crippen LogP contribution in [0.15, 0.2) is 36.4 Å². The second kappa shape index (κ2) is 28.7. The maximum absolute atomic E-state index is 18.0. The molecule has 0 fully saturated rings. The summed E-state index contributed by atoms with van der Waals surface area (Å²) in [6.45, 7) is 16.3. The van der Waals surface area contributed by atoms with Crippen LogP contribution in [0, 0.1) is 23.7 Å². The quantitative estimate of drug-likeness (QED) is 0.0545. The van der Waals surface area contributed by atoms with E-state index in [0.29, 0.717) is 12.8 Å². The number of esters is 4. The second-order valence-corrected chi connectivity index (χ2v) is 16.6. The summed E-state index contributed by atoms with van der Waals surface area (Å²) >= 11 is 0. The molecule has 61 heavy (non-hydrogen) atoms. The fourth-order valence-electron chi connectivity index (χ4n) is 7.38. The molecule has 0 saturated carbocycles. The van der Waals surface area contributed by atoms with Crippen LogP contribution in [-0.4, -0.2) is 56.7 Å². The molecule has 4 unspecified atom stereocenters. The van der Waals surface area contributed by atoms with Crippen molar-refractivity contribution in [2.75, 3.05) is 26.4 Å². The van der Waals surface area contributed by atoms with E-state index in [1.165, 1.54) is 0 Å². The summed E-state index contributed by atoms with van der Waals surface area (Å²) in [7, 11) is 0. The van der Waals surface area contributed by atoms with Crippen LogP contribution in [0.3, 0.4) is 0 Å². The van der Waals surface area contributed by atoms with Gasteiger partial charge in [-0.2, -0.15) is 0 Å². The van der Waals surface area contributed by atoms with Gasteiger partial charge >= 0.3 is 23.9 Å². The Morgan fingerprint density at radius 3 is 1.00 bits per heavy atom. The van der Waals surface area contributed by atoms with Crippen molar-refractivity contribution in [1.29, 1.82) is 0 Å². The lowest BCUT2D eigenvalue weighted by molar-refractivity contribution is -0.0123. The molecule has 0 radical (unpaired) electrons. The molecule has 0 spiro atoms. The Morgan fingerprint density at radius 2 is 0.754 bits per heavy atom. The van der Waals surface area contributed by atoms with E-state index < -0.39 is 58.2 Å². The molecule has 2 aromatic carbocycles. The fraction of sp³-hybridized carbons (Fsp3) is 0.680. The number of carbonyl (C=O) groups is 4. The monoisotopic (exact) mass is 861 g/mol. The summed E-state index contributed by atoms with van der Waals surface area (Å²) in [5.41, 5.74) is -6.92. The standard InChI is InChI=1S/C50H75F3O8/c1-9-17-21-35(13-5)31-58-45(54)39-25-27-43(41(29-39)47(56)60-33-37(15-7)23-19-11-3)50(53,49(51)52)44-28-26-40(46(55)59-32-36(14-6)22-18-10-2)30-42(44)48(57)61-34-38(16-8)24-20-12-4/h25-30,35-38,49H,9-24,31-34H2,1-8H3. The minimum atomic E-state index is -3.84. The van der Waals surface area contributed by atoms with Gasteiger partial charge < -0.3 is 18.9 Å². The van der Waals surface area contributed by atoms with Crippen molar-refractivity contribution in [2.24, 2.45) is 23.7 Å². The highest BCUT2D eigenvalue weighted by Gasteiger charge is 2.49. The topological polar surface area (TPSA) is 105 Å². The van der Waals surface area contributed by atoms with Crippen LogP contribution in [0.25, 0.3) is 0 Å². The molecule has 0 aliphatic carbocycles. The Morgan fingerprint density at radius 1 is 0.475 bits per heavy atom. The summed E-state index contributed by atoms with van der Waals surface area (Å²) in [5.74, 6) is -3.66. The third-order valence-corrected chi connectivity index (χ3v) is 12.0. The van der Waals surface area contributed by atoms with E-state index in [1.54, 1.807) is 0 Å². The first-order chi connectivity index (χ1) is 29.3. The molecule has 4 atom stereocenters. The summed E-state index contributed by atoms with van der Waals surface area (Å²) in [4.78, 5) is 54.8. The predicted molar refractivity (Wildman–Crippen MR) is 235 cm³/mol. The SMILES string of the molecule is CCCCC(CC)COC(=O)c1ccc(C(F)(c2ccc(C(=O)OCC(CC)CCCC)cc2C(=O)OCC(CC)CCCC)C(F)F)c(C(=O)OCC(CC)CCCC)c1. The Bertz CT molecular complexity index is 1520. The van der Waals surface area contributed by atoms with E-state index in [4.69, 9.17) is 18.9 Å².